The average molecular weight is 148 g/mol. The third-order valence-corrected chi connectivity index (χ3v) is 1.44. The molecule has 1 N–H and O–H groups in total. The van der Waals surface area contributed by atoms with Crippen LogP contribution < -0.4 is 0 Å². The highest BCUT2D eigenvalue weighted by molar-refractivity contribution is 5.15. The van der Waals surface area contributed by atoms with E-state index >= 15 is 0 Å². The predicted molar refractivity (Wildman–Crippen MR) is 43.8 cm³/mol. The molecule has 0 aliphatic heterocycles. The van der Waals surface area contributed by atoms with Crippen LogP contribution >= 0.6 is 0 Å². The Labute approximate surface area is 65.9 Å². The van der Waals surface area contributed by atoms with Crippen molar-refractivity contribution < 1.29 is 5.21 Å². The molecule has 11 heavy (non-hydrogen) atoms. The molecule has 0 bridgehead atoms. The maximum Gasteiger partial charge on any atom is 0.350 e. The first-order valence-corrected chi connectivity index (χ1v) is 3.54. The van der Waals surface area contributed by atoms with Gasteiger partial charge in [0.25, 0.3) is 0 Å². The normalized spacial score (nSPS) is 8.36. The minimum Gasteiger partial charge on any atom is -0.177 e. The Morgan fingerprint density at radius 3 is 2.64 bits per heavy atom. The Balaban J connectivity index is 2.43. The Hall–Kier alpha value is -1.49. The summed E-state index contributed by atoms with van der Waals surface area (Å²) in [6.45, 7) is 0. The molecule has 0 aliphatic carbocycles. The Bertz CT molecular complexity index is 258. The van der Waals surface area contributed by atoms with Crippen molar-refractivity contribution >= 4 is 0 Å². The zero-order valence-electron chi connectivity index (χ0n) is 6.20. The van der Waals surface area contributed by atoms with Crippen LogP contribution in [0.5, 0.6) is 0 Å². The molecule has 1 rings (SSSR count). The molecule has 0 fully saturated rings. The highest BCUT2D eigenvalue weighted by Gasteiger charge is 1.92. The van der Waals surface area contributed by atoms with Gasteiger partial charge in [0.2, 0.25) is 5.01 Å². The largest absolute Gasteiger partial charge is 0.350 e. The molecule has 0 saturated carbocycles. The van der Waals surface area contributed by atoms with Gasteiger partial charge in [-0.1, -0.05) is 30.3 Å². The first-order chi connectivity index (χ1) is 5.43. The zero-order valence-corrected chi connectivity index (χ0v) is 6.20. The topological polar surface area (TPSA) is 24.6 Å². The summed E-state index contributed by atoms with van der Waals surface area (Å²) in [6.07, 6.45) is 1.55. The molecule has 2 heteroatoms. The lowest BCUT2D eigenvalue weighted by atomic mass is 10.1. The van der Waals surface area contributed by atoms with E-state index in [1.54, 1.807) is 0 Å². The van der Waals surface area contributed by atoms with Gasteiger partial charge in [0.15, 0.2) is 0 Å². The number of nitrogens with zero attached hydrogens (tertiary/aromatic N) is 1. The van der Waals surface area contributed by atoms with Gasteiger partial charge in [-0.25, -0.2) is 0 Å². The van der Waals surface area contributed by atoms with Gasteiger partial charge in [-0.05, 0) is 12.0 Å². The van der Waals surface area contributed by atoms with Crippen molar-refractivity contribution in [3.8, 4) is 6.07 Å². The molecule has 1 aromatic rings. The Morgan fingerprint density at radius 2 is 2.00 bits per heavy atom. The van der Waals surface area contributed by atoms with Crippen molar-refractivity contribution in [1.29, 1.82) is 0 Å². The van der Waals surface area contributed by atoms with E-state index < -0.39 is 0 Å². The van der Waals surface area contributed by atoms with Crippen LogP contribution in [0.25, 0.3) is 5.01 Å². The summed E-state index contributed by atoms with van der Waals surface area (Å²) in [4.78, 5) is 0. The monoisotopic (exact) mass is 148 g/mol. The lowest BCUT2D eigenvalue weighted by Gasteiger charge is -1.91. The lowest BCUT2D eigenvalue weighted by molar-refractivity contribution is 0.463. The fraction of sp³-hybridized carbons (Fsp3) is 0.222. The highest BCUT2D eigenvalue weighted by atomic mass is 16.4. The van der Waals surface area contributed by atoms with E-state index in [9.17, 15) is 0 Å². The van der Waals surface area contributed by atoms with Crippen molar-refractivity contribution in [1.82, 2.24) is 0 Å². The quantitative estimate of drug-likeness (QED) is 0.639. The smallest absolute Gasteiger partial charge is 0.177 e. The third-order valence-electron chi connectivity index (χ3n) is 1.44. The molecular formula is C9H10NO+. The molecule has 56 valence electrons. The number of hydrogen-bond acceptors (Lipinski definition) is 1. The minimum atomic E-state index is 0.667. The summed E-state index contributed by atoms with van der Waals surface area (Å²) in [5.74, 6) is 0. The van der Waals surface area contributed by atoms with Gasteiger partial charge in [0.05, 0.1) is 6.42 Å². The van der Waals surface area contributed by atoms with Crippen molar-refractivity contribution in [2.45, 2.75) is 12.8 Å². The SMILES string of the molecule is O[N+]#CCCc1ccccc1. The van der Waals surface area contributed by atoms with E-state index in [0.717, 1.165) is 6.42 Å². The average Bonchev–Trinajstić information content (AvgIpc) is 2.07. The van der Waals surface area contributed by atoms with Crippen LogP contribution in [0.15, 0.2) is 30.3 Å². The summed E-state index contributed by atoms with van der Waals surface area (Å²) in [7, 11) is 0. The van der Waals surface area contributed by atoms with Crippen LogP contribution in [0.4, 0.5) is 0 Å². The molecule has 0 spiro atoms. The van der Waals surface area contributed by atoms with E-state index in [4.69, 9.17) is 5.21 Å². The molecule has 0 saturated heterocycles. The predicted octanol–water partition coefficient (Wildman–Crippen LogP) is 2.34. The van der Waals surface area contributed by atoms with Crippen LogP contribution in [0.2, 0.25) is 0 Å². The van der Waals surface area contributed by atoms with Gasteiger partial charge in [0, 0.05) is 0 Å². The summed E-state index contributed by atoms with van der Waals surface area (Å²) in [5, 5.41) is 10.9. The molecule has 0 unspecified atom stereocenters. The Morgan fingerprint density at radius 1 is 1.27 bits per heavy atom. The van der Waals surface area contributed by atoms with E-state index in [-0.39, 0.29) is 0 Å². The first-order valence-electron chi connectivity index (χ1n) is 3.54. The molecule has 0 atom stereocenters. The van der Waals surface area contributed by atoms with Crippen molar-refractivity contribution in [3.05, 3.63) is 40.9 Å². The van der Waals surface area contributed by atoms with Crippen LogP contribution in [-0.2, 0) is 6.42 Å². The maximum absolute atomic E-state index is 8.06. The Kier molecular flexibility index (Phi) is 3.01. The molecule has 0 amide bonds. The minimum absolute atomic E-state index is 0.667. The molecule has 0 radical (unpaired) electrons. The van der Waals surface area contributed by atoms with Crippen LogP contribution in [0.3, 0.4) is 0 Å². The highest BCUT2D eigenvalue weighted by Crippen LogP contribution is 2.00. The van der Waals surface area contributed by atoms with E-state index in [1.807, 2.05) is 30.3 Å². The van der Waals surface area contributed by atoms with Crippen LogP contribution in [0, 0.1) is 6.07 Å². The number of benzene rings is 1. The zero-order chi connectivity index (χ0) is 7.94. The molecule has 0 aliphatic rings. The first kappa shape index (κ1) is 7.62. The van der Waals surface area contributed by atoms with Gasteiger partial charge in [-0.3, -0.25) is 0 Å². The van der Waals surface area contributed by atoms with Crippen molar-refractivity contribution in [2.24, 2.45) is 0 Å². The molecular weight excluding hydrogens is 138 g/mol. The standard InChI is InChI=1S/C9H9NO/c11-10-8-4-7-9-5-2-1-3-6-9/h1-3,5-6H,4,7H2/p+1. The summed E-state index contributed by atoms with van der Waals surface area (Å²) >= 11 is 0. The van der Waals surface area contributed by atoms with Crippen LogP contribution in [0.1, 0.15) is 12.0 Å². The summed E-state index contributed by atoms with van der Waals surface area (Å²) in [6, 6.07) is 12.5. The third kappa shape index (κ3) is 2.72. The van der Waals surface area contributed by atoms with Gasteiger partial charge < -0.3 is 0 Å². The second kappa shape index (κ2) is 4.35. The van der Waals surface area contributed by atoms with Crippen molar-refractivity contribution in [3.63, 3.8) is 0 Å². The second-order valence-corrected chi connectivity index (χ2v) is 2.24. The van der Waals surface area contributed by atoms with Gasteiger partial charge in [-0.15, -0.1) is 0 Å². The number of rotatable bonds is 2. The molecule has 0 heterocycles. The van der Waals surface area contributed by atoms with E-state index in [1.165, 1.54) is 5.56 Å². The van der Waals surface area contributed by atoms with Gasteiger partial charge in [-0.2, -0.15) is 5.21 Å². The maximum atomic E-state index is 8.06. The molecule has 1 aromatic carbocycles. The van der Waals surface area contributed by atoms with Crippen LogP contribution in [-0.4, -0.2) is 5.21 Å². The fourth-order valence-corrected chi connectivity index (χ4v) is 0.895. The molecule has 2 nitrogen and oxygen atoms in total. The number of hydrogen-bond donors (Lipinski definition) is 1. The number of aryl methyl sites for hydroxylation is 1. The van der Waals surface area contributed by atoms with Gasteiger partial charge in [0.1, 0.15) is 0 Å². The fourth-order valence-electron chi connectivity index (χ4n) is 0.895. The van der Waals surface area contributed by atoms with E-state index in [2.05, 4.69) is 11.1 Å². The lowest BCUT2D eigenvalue weighted by Crippen LogP contribution is -1.80. The molecule has 0 aromatic heterocycles. The second-order valence-electron chi connectivity index (χ2n) is 2.24. The van der Waals surface area contributed by atoms with Crippen molar-refractivity contribution in [2.75, 3.05) is 0 Å². The van der Waals surface area contributed by atoms with Gasteiger partial charge >= 0.3 is 6.07 Å². The summed E-state index contributed by atoms with van der Waals surface area (Å²) in [5.41, 5.74) is 1.24. The summed E-state index contributed by atoms with van der Waals surface area (Å²) < 4.78 is 0. The van der Waals surface area contributed by atoms with E-state index in [0.29, 0.717) is 6.42 Å².